The molecule has 4 rings (SSSR count). The van der Waals surface area contributed by atoms with Crippen LogP contribution < -0.4 is 4.90 Å². The normalized spacial score (nSPS) is 15.4. The van der Waals surface area contributed by atoms with Crippen molar-refractivity contribution in [3.8, 4) is 0 Å². The maximum absolute atomic E-state index is 13.8. The Labute approximate surface area is 186 Å². The molecule has 0 aliphatic heterocycles. The van der Waals surface area contributed by atoms with Gasteiger partial charge in [0.15, 0.2) is 0 Å². The van der Waals surface area contributed by atoms with Crippen LogP contribution in [0.5, 0.6) is 0 Å². The first kappa shape index (κ1) is 21.3. The lowest BCUT2D eigenvalue weighted by molar-refractivity contribution is -0.119. The molecule has 3 nitrogen and oxygen atoms in total. The lowest BCUT2D eigenvalue weighted by Crippen LogP contribution is -2.40. The Bertz CT molecular complexity index is 965. The number of anilines is 1. The third-order valence-corrected chi connectivity index (χ3v) is 6.40. The van der Waals surface area contributed by atoms with Gasteiger partial charge in [-0.1, -0.05) is 79.9 Å². The van der Waals surface area contributed by atoms with Crippen molar-refractivity contribution in [3.05, 3.63) is 95.7 Å². The fraction of sp³-hybridized carbons (Fsp3) is 0.357. The third-order valence-electron chi connectivity index (χ3n) is 6.40. The molecule has 0 spiro atoms. The smallest absolute Gasteiger partial charge is 0.229 e. The van der Waals surface area contributed by atoms with E-state index >= 15 is 0 Å². The van der Waals surface area contributed by atoms with Crippen LogP contribution in [0.4, 0.5) is 5.82 Å². The zero-order valence-electron chi connectivity index (χ0n) is 18.4. The summed E-state index contributed by atoms with van der Waals surface area (Å²) in [6.07, 6.45) is 9.14. The fourth-order valence-corrected chi connectivity index (χ4v) is 4.83. The number of pyridine rings is 1. The summed E-state index contributed by atoms with van der Waals surface area (Å²) < 4.78 is 0. The molecule has 1 atom stereocenters. The van der Waals surface area contributed by atoms with Gasteiger partial charge in [0.2, 0.25) is 5.91 Å². The highest BCUT2D eigenvalue weighted by Gasteiger charge is 2.34. The highest BCUT2D eigenvalue weighted by Crippen LogP contribution is 2.40. The predicted octanol–water partition coefficient (Wildman–Crippen LogP) is 6.68. The summed E-state index contributed by atoms with van der Waals surface area (Å²) in [5.41, 5.74) is 3.54. The molecule has 1 aromatic heterocycles. The summed E-state index contributed by atoms with van der Waals surface area (Å²) in [6.45, 7) is 2.07. The average Bonchev–Trinajstić information content (AvgIpc) is 2.82. The molecule has 2 aromatic carbocycles. The molecule has 31 heavy (non-hydrogen) atoms. The fourth-order valence-electron chi connectivity index (χ4n) is 4.83. The van der Waals surface area contributed by atoms with E-state index < -0.39 is 0 Å². The predicted molar refractivity (Wildman–Crippen MR) is 127 cm³/mol. The van der Waals surface area contributed by atoms with Crippen LogP contribution in [0.3, 0.4) is 0 Å². The molecule has 160 valence electrons. The Balaban J connectivity index is 1.70. The van der Waals surface area contributed by atoms with Crippen molar-refractivity contribution in [3.63, 3.8) is 0 Å². The Morgan fingerprint density at radius 3 is 2.32 bits per heavy atom. The van der Waals surface area contributed by atoms with E-state index in [1.807, 2.05) is 41.4 Å². The molecule has 0 bridgehead atoms. The van der Waals surface area contributed by atoms with E-state index in [-0.39, 0.29) is 11.9 Å². The quantitative estimate of drug-likeness (QED) is 0.434. The number of hydrogen-bond donors (Lipinski definition) is 0. The largest absolute Gasteiger partial charge is 0.289 e. The summed E-state index contributed by atoms with van der Waals surface area (Å²) in [5, 5.41) is 0. The number of rotatable bonds is 7. The number of carbonyl (C=O) groups excluding carboxylic acids is 1. The Hall–Kier alpha value is -2.94. The molecule has 0 radical (unpaired) electrons. The Morgan fingerprint density at radius 2 is 1.65 bits per heavy atom. The standard InChI is InChI=1S/C28H32N2O/c1-22-19-20-29-26(21-22)30(27(31)18-17-23-11-5-2-6-12-23)28(24-13-7-3-8-14-24)25-15-9-4-10-16-25/h2-3,5-8,11-14,19-21,25,28H,4,9-10,15-18H2,1H3. The number of benzene rings is 2. The molecule has 1 saturated carbocycles. The Kier molecular flexibility index (Phi) is 7.14. The monoisotopic (exact) mass is 412 g/mol. The van der Waals surface area contributed by atoms with Crippen LogP contribution in [-0.4, -0.2) is 10.9 Å². The number of amides is 1. The van der Waals surface area contributed by atoms with Crippen molar-refractivity contribution in [2.45, 2.75) is 57.9 Å². The van der Waals surface area contributed by atoms with Gasteiger partial charge < -0.3 is 0 Å². The highest BCUT2D eigenvalue weighted by molar-refractivity contribution is 5.93. The molecular weight excluding hydrogens is 380 g/mol. The molecule has 1 aliphatic carbocycles. The van der Waals surface area contributed by atoms with E-state index in [4.69, 9.17) is 0 Å². The van der Waals surface area contributed by atoms with Crippen LogP contribution in [-0.2, 0) is 11.2 Å². The molecule has 3 aromatic rings. The van der Waals surface area contributed by atoms with Gasteiger partial charge in [0.05, 0.1) is 6.04 Å². The van der Waals surface area contributed by atoms with E-state index in [1.165, 1.54) is 30.4 Å². The molecular formula is C28H32N2O. The van der Waals surface area contributed by atoms with Crippen molar-refractivity contribution in [2.24, 2.45) is 5.92 Å². The van der Waals surface area contributed by atoms with Gasteiger partial charge in [-0.3, -0.25) is 9.69 Å². The first-order chi connectivity index (χ1) is 15.2. The molecule has 0 N–H and O–H groups in total. The minimum atomic E-state index is 0.0269. The van der Waals surface area contributed by atoms with E-state index in [2.05, 4.69) is 54.4 Å². The second-order valence-electron chi connectivity index (χ2n) is 8.69. The molecule has 1 unspecified atom stereocenters. The molecule has 3 heteroatoms. The van der Waals surface area contributed by atoms with Crippen LogP contribution in [0.2, 0.25) is 0 Å². The van der Waals surface area contributed by atoms with Crippen LogP contribution in [0.25, 0.3) is 0 Å². The van der Waals surface area contributed by atoms with Gasteiger partial charge in [-0.25, -0.2) is 4.98 Å². The molecule has 1 aliphatic rings. The van der Waals surface area contributed by atoms with E-state index in [1.54, 1.807) is 0 Å². The lowest BCUT2D eigenvalue weighted by Gasteiger charge is -2.39. The maximum atomic E-state index is 13.8. The van der Waals surface area contributed by atoms with Gasteiger partial charge in [0.1, 0.15) is 5.82 Å². The first-order valence-electron chi connectivity index (χ1n) is 11.6. The summed E-state index contributed by atoms with van der Waals surface area (Å²) in [4.78, 5) is 20.4. The zero-order chi connectivity index (χ0) is 21.5. The van der Waals surface area contributed by atoms with Crippen molar-refractivity contribution >= 4 is 11.7 Å². The number of aromatic nitrogens is 1. The van der Waals surface area contributed by atoms with Crippen LogP contribution in [0.15, 0.2) is 79.0 Å². The van der Waals surface area contributed by atoms with Crippen LogP contribution in [0, 0.1) is 12.8 Å². The van der Waals surface area contributed by atoms with Crippen LogP contribution >= 0.6 is 0 Å². The minimum absolute atomic E-state index is 0.0269. The van der Waals surface area contributed by atoms with E-state index in [9.17, 15) is 4.79 Å². The highest BCUT2D eigenvalue weighted by atomic mass is 16.2. The van der Waals surface area contributed by atoms with Gasteiger partial charge in [-0.05, 0) is 60.9 Å². The first-order valence-corrected chi connectivity index (χ1v) is 11.6. The van der Waals surface area contributed by atoms with E-state index in [0.717, 1.165) is 30.6 Å². The van der Waals surface area contributed by atoms with E-state index in [0.29, 0.717) is 12.3 Å². The number of carbonyl (C=O) groups is 1. The average molecular weight is 413 g/mol. The molecule has 1 heterocycles. The van der Waals surface area contributed by atoms with Crippen molar-refractivity contribution in [1.82, 2.24) is 4.98 Å². The lowest BCUT2D eigenvalue weighted by atomic mass is 9.80. The second kappa shape index (κ2) is 10.4. The number of aryl methyl sites for hydroxylation is 2. The van der Waals surface area contributed by atoms with Crippen molar-refractivity contribution < 1.29 is 4.79 Å². The van der Waals surface area contributed by atoms with Gasteiger partial charge in [0, 0.05) is 12.6 Å². The van der Waals surface area contributed by atoms with Crippen molar-refractivity contribution in [1.29, 1.82) is 0 Å². The Morgan fingerprint density at radius 1 is 0.968 bits per heavy atom. The topological polar surface area (TPSA) is 33.2 Å². The summed E-state index contributed by atoms with van der Waals surface area (Å²) in [7, 11) is 0. The second-order valence-corrected chi connectivity index (χ2v) is 8.69. The SMILES string of the molecule is Cc1ccnc(N(C(=O)CCc2ccccc2)C(c2ccccc2)C2CCCCC2)c1. The summed E-state index contributed by atoms with van der Waals surface area (Å²) in [5.74, 6) is 1.39. The molecule has 0 saturated heterocycles. The van der Waals surface area contributed by atoms with Gasteiger partial charge in [-0.15, -0.1) is 0 Å². The summed E-state index contributed by atoms with van der Waals surface area (Å²) >= 11 is 0. The molecule has 1 amide bonds. The van der Waals surface area contributed by atoms with Gasteiger partial charge in [0.25, 0.3) is 0 Å². The number of nitrogens with zero attached hydrogens (tertiary/aromatic N) is 2. The summed E-state index contributed by atoms with van der Waals surface area (Å²) in [6, 6.07) is 24.9. The van der Waals surface area contributed by atoms with Gasteiger partial charge >= 0.3 is 0 Å². The van der Waals surface area contributed by atoms with Crippen LogP contribution in [0.1, 0.15) is 61.3 Å². The zero-order valence-corrected chi connectivity index (χ0v) is 18.4. The maximum Gasteiger partial charge on any atom is 0.229 e. The molecule has 1 fully saturated rings. The minimum Gasteiger partial charge on any atom is -0.289 e. The number of hydrogen-bond acceptors (Lipinski definition) is 2. The van der Waals surface area contributed by atoms with Gasteiger partial charge in [-0.2, -0.15) is 0 Å². The third kappa shape index (κ3) is 5.41. The van der Waals surface area contributed by atoms with Crippen molar-refractivity contribution in [2.75, 3.05) is 4.90 Å².